The van der Waals surface area contributed by atoms with Gasteiger partial charge in [-0.2, -0.15) is 14.3 Å². The number of nitrogens with zero attached hydrogens (tertiary/aromatic N) is 6. The number of benzene rings is 1. The molecule has 25 heavy (non-hydrogen) atoms. The number of aromatic nitrogens is 6. The number of thiophene rings is 1. The molecule has 0 amide bonds. The Balaban J connectivity index is 1.59. The second-order valence-electron chi connectivity index (χ2n) is 5.03. The zero-order chi connectivity index (χ0) is 17.2. The van der Waals surface area contributed by atoms with Gasteiger partial charge >= 0.3 is 5.69 Å². The van der Waals surface area contributed by atoms with E-state index in [1.165, 1.54) is 20.7 Å². The van der Waals surface area contributed by atoms with Gasteiger partial charge < -0.3 is 9.26 Å². The van der Waals surface area contributed by atoms with Gasteiger partial charge in [0, 0.05) is 5.56 Å². The molecule has 0 unspecified atom stereocenters. The van der Waals surface area contributed by atoms with Crippen molar-refractivity contribution in [3.8, 4) is 22.1 Å². The predicted octanol–water partition coefficient (Wildman–Crippen LogP) is 1.60. The molecule has 0 saturated carbocycles. The van der Waals surface area contributed by atoms with E-state index in [1.54, 1.807) is 19.2 Å². The highest BCUT2D eigenvalue weighted by atomic mass is 32.1. The average molecular weight is 356 g/mol. The number of tetrazole rings is 1. The van der Waals surface area contributed by atoms with Gasteiger partial charge in [-0.1, -0.05) is 17.3 Å². The average Bonchev–Trinajstić information content (AvgIpc) is 3.38. The van der Waals surface area contributed by atoms with Crippen molar-refractivity contribution in [1.82, 2.24) is 29.9 Å². The summed E-state index contributed by atoms with van der Waals surface area (Å²) in [5, 5.41) is 14.2. The Kier molecular flexibility index (Phi) is 3.86. The number of hydrogen-bond donors (Lipinski definition) is 0. The van der Waals surface area contributed by atoms with Crippen molar-refractivity contribution in [3.63, 3.8) is 0 Å². The summed E-state index contributed by atoms with van der Waals surface area (Å²) in [6.45, 7) is 0.0428. The van der Waals surface area contributed by atoms with Crippen molar-refractivity contribution in [2.75, 3.05) is 7.11 Å². The maximum atomic E-state index is 12.3. The summed E-state index contributed by atoms with van der Waals surface area (Å²) in [6, 6.07) is 10.9. The van der Waals surface area contributed by atoms with Crippen molar-refractivity contribution in [2.24, 2.45) is 0 Å². The van der Waals surface area contributed by atoms with E-state index in [9.17, 15) is 4.79 Å². The van der Waals surface area contributed by atoms with E-state index in [2.05, 4.69) is 20.6 Å². The molecule has 0 bridgehead atoms. The van der Waals surface area contributed by atoms with Gasteiger partial charge in [-0.05, 0) is 40.1 Å². The monoisotopic (exact) mass is 356 g/mol. The fourth-order valence-electron chi connectivity index (χ4n) is 2.23. The molecule has 0 N–H and O–H groups in total. The molecule has 0 fully saturated rings. The van der Waals surface area contributed by atoms with Gasteiger partial charge in [-0.15, -0.1) is 11.3 Å². The van der Waals surface area contributed by atoms with E-state index < -0.39 is 0 Å². The van der Waals surface area contributed by atoms with Crippen LogP contribution in [-0.2, 0) is 6.54 Å². The molecule has 3 aromatic heterocycles. The van der Waals surface area contributed by atoms with Crippen molar-refractivity contribution < 1.29 is 9.26 Å². The lowest BCUT2D eigenvalue weighted by atomic mass is 10.2. The van der Waals surface area contributed by atoms with Crippen LogP contribution in [0.5, 0.6) is 5.75 Å². The third kappa shape index (κ3) is 2.94. The topological polar surface area (TPSA) is 101 Å². The first-order valence-corrected chi connectivity index (χ1v) is 8.16. The first-order chi connectivity index (χ1) is 12.2. The summed E-state index contributed by atoms with van der Waals surface area (Å²) in [4.78, 5) is 16.6. The van der Waals surface area contributed by atoms with Crippen LogP contribution in [0.15, 0.2) is 51.1 Å². The molecular formula is C15H12N6O3S. The Bertz CT molecular complexity index is 1050. The molecule has 3 heterocycles. The number of hydrogen-bond acceptors (Lipinski definition) is 8. The number of rotatable bonds is 5. The standard InChI is InChI=1S/C15H12N6O3S/c1-23-11-5-2-4-10(8-11)14-16-12(24-17-14)9-20-15(22)21(19-18-20)13-6-3-7-25-13/h2-8H,9H2,1H3. The molecule has 0 aliphatic carbocycles. The second kappa shape index (κ2) is 6.32. The van der Waals surface area contributed by atoms with Gasteiger partial charge in [0.2, 0.25) is 11.7 Å². The lowest BCUT2D eigenvalue weighted by Gasteiger charge is -1.99. The third-order valence-electron chi connectivity index (χ3n) is 3.44. The molecular weight excluding hydrogens is 344 g/mol. The third-order valence-corrected chi connectivity index (χ3v) is 4.28. The molecule has 4 rings (SSSR count). The van der Waals surface area contributed by atoms with Crippen LogP contribution in [0, 0.1) is 0 Å². The summed E-state index contributed by atoms with van der Waals surface area (Å²) in [5.74, 6) is 1.37. The molecule has 0 spiro atoms. The molecule has 1 aromatic carbocycles. The number of methoxy groups -OCH3 is 1. The van der Waals surface area contributed by atoms with E-state index in [0.717, 1.165) is 5.56 Å². The fraction of sp³-hybridized carbons (Fsp3) is 0.133. The van der Waals surface area contributed by atoms with Crippen LogP contribution in [-0.4, -0.2) is 37.0 Å². The smallest absolute Gasteiger partial charge is 0.369 e. The largest absolute Gasteiger partial charge is 0.497 e. The second-order valence-corrected chi connectivity index (χ2v) is 5.95. The minimum absolute atomic E-state index is 0.0428. The molecule has 0 aliphatic rings. The predicted molar refractivity (Wildman–Crippen MR) is 88.9 cm³/mol. The molecule has 9 nitrogen and oxygen atoms in total. The Morgan fingerprint density at radius 1 is 1.24 bits per heavy atom. The molecule has 0 atom stereocenters. The van der Waals surface area contributed by atoms with E-state index in [4.69, 9.17) is 9.26 Å². The molecule has 10 heteroatoms. The Morgan fingerprint density at radius 3 is 2.96 bits per heavy atom. The van der Waals surface area contributed by atoms with Crippen LogP contribution in [0.1, 0.15) is 5.89 Å². The Hall–Kier alpha value is -3.27. The SMILES string of the molecule is COc1cccc(-c2noc(Cn3nnn(-c4cccs4)c3=O)n2)c1. The zero-order valence-corrected chi connectivity index (χ0v) is 13.9. The van der Waals surface area contributed by atoms with Crippen molar-refractivity contribution in [2.45, 2.75) is 6.54 Å². The molecule has 0 saturated heterocycles. The normalized spacial score (nSPS) is 10.9. The van der Waals surface area contributed by atoms with Crippen LogP contribution in [0.2, 0.25) is 0 Å². The van der Waals surface area contributed by atoms with Crippen LogP contribution < -0.4 is 10.4 Å². The fourth-order valence-corrected chi connectivity index (χ4v) is 2.90. The lowest BCUT2D eigenvalue weighted by Crippen LogP contribution is -2.24. The maximum absolute atomic E-state index is 12.3. The van der Waals surface area contributed by atoms with Gasteiger partial charge in [0.05, 0.1) is 7.11 Å². The highest BCUT2D eigenvalue weighted by Gasteiger charge is 2.14. The Morgan fingerprint density at radius 2 is 2.16 bits per heavy atom. The quantitative estimate of drug-likeness (QED) is 0.535. The summed E-state index contributed by atoms with van der Waals surface area (Å²) < 4.78 is 12.8. The van der Waals surface area contributed by atoms with Gasteiger partial charge in [0.15, 0.2) is 0 Å². The van der Waals surface area contributed by atoms with Crippen LogP contribution >= 0.6 is 11.3 Å². The molecule has 0 radical (unpaired) electrons. The van der Waals surface area contributed by atoms with E-state index in [0.29, 0.717) is 16.6 Å². The summed E-state index contributed by atoms with van der Waals surface area (Å²) in [6.07, 6.45) is 0. The zero-order valence-electron chi connectivity index (χ0n) is 13.1. The van der Waals surface area contributed by atoms with E-state index >= 15 is 0 Å². The molecule has 0 aliphatic heterocycles. The molecule has 126 valence electrons. The first kappa shape index (κ1) is 15.3. The van der Waals surface area contributed by atoms with Gasteiger partial charge in [-0.3, -0.25) is 0 Å². The van der Waals surface area contributed by atoms with Crippen LogP contribution in [0.3, 0.4) is 0 Å². The van der Waals surface area contributed by atoms with E-state index in [-0.39, 0.29) is 18.1 Å². The van der Waals surface area contributed by atoms with E-state index in [1.807, 2.05) is 29.6 Å². The van der Waals surface area contributed by atoms with Crippen molar-refractivity contribution >= 4 is 11.3 Å². The Labute approximate surface area is 145 Å². The van der Waals surface area contributed by atoms with Gasteiger partial charge in [0.25, 0.3) is 0 Å². The molecule has 4 aromatic rings. The van der Waals surface area contributed by atoms with Crippen LogP contribution in [0.4, 0.5) is 0 Å². The lowest BCUT2D eigenvalue weighted by molar-refractivity contribution is 0.363. The van der Waals surface area contributed by atoms with Gasteiger partial charge in [-0.25, -0.2) is 4.79 Å². The number of ether oxygens (including phenoxy) is 1. The minimum atomic E-state index is -0.372. The first-order valence-electron chi connectivity index (χ1n) is 7.28. The summed E-state index contributed by atoms with van der Waals surface area (Å²) in [5.41, 5.74) is 0.382. The van der Waals surface area contributed by atoms with Crippen molar-refractivity contribution in [3.05, 3.63) is 58.2 Å². The highest BCUT2D eigenvalue weighted by Crippen LogP contribution is 2.21. The maximum Gasteiger partial charge on any atom is 0.369 e. The minimum Gasteiger partial charge on any atom is -0.497 e. The van der Waals surface area contributed by atoms with Crippen LogP contribution in [0.25, 0.3) is 16.4 Å². The van der Waals surface area contributed by atoms with Gasteiger partial charge in [0.1, 0.15) is 17.3 Å². The highest BCUT2D eigenvalue weighted by molar-refractivity contribution is 7.12. The van der Waals surface area contributed by atoms with Crippen molar-refractivity contribution in [1.29, 1.82) is 0 Å². The summed E-state index contributed by atoms with van der Waals surface area (Å²) >= 11 is 1.40. The summed E-state index contributed by atoms with van der Waals surface area (Å²) in [7, 11) is 1.59.